The molecule has 108 valence electrons. The van der Waals surface area contributed by atoms with E-state index >= 15 is 0 Å². The van der Waals surface area contributed by atoms with E-state index in [1.54, 1.807) is 0 Å². The second kappa shape index (κ2) is 8.81. The topological polar surface area (TPSA) is 38.7 Å². The molecular formula is C16H26O3. The molecule has 0 aliphatic carbocycles. The minimum Gasteiger partial charge on any atom is -0.490 e. The highest BCUT2D eigenvalue weighted by atomic mass is 16.5. The molecule has 0 bridgehead atoms. The molecule has 1 aromatic rings. The molecule has 0 saturated heterocycles. The number of ether oxygens (including phenoxy) is 2. The normalized spacial score (nSPS) is 12.5. The molecule has 1 N–H and O–H groups in total. The van der Waals surface area contributed by atoms with Gasteiger partial charge in [-0.05, 0) is 44.2 Å². The van der Waals surface area contributed by atoms with Crippen LogP contribution in [0.1, 0.15) is 40.0 Å². The van der Waals surface area contributed by atoms with E-state index in [2.05, 4.69) is 13.8 Å². The maximum absolute atomic E-state index is 9.78. The molecule has 0 radical (unpaired) electrons. The zero-order valence-corrected chi connectivity index (χ0v) is 12.3. The standard InChI is InChI=1S/C16H26O3/c1-4-18-15-9-5-6-10-16(15)19-11-7-8-14(17)12-13(2)3/h5-6,9-10,13-14,17H,4,7-8,11-12H2,1-3H3. The van der Waals surface area contributed by atoms with Crippen LogP contribution in [0.3, 0.4) is 0 Å². The number of rotatable bonds is 9. The van der Waals surface area contributed by atoms with Crippen LogP contribution in [0.4, 0.5) is 0 Å². The highest BCUT2D eigenvalue weighted by molar-refractivity contribution is 5.39. The summed E-state index contributed by atoms with van der Waals surface area (Å²) in [5.74, 6) is 2.10. The molecule has 0 spiro atoms. The van der Waals surface area contributed by atoms with Gasteiger partial charge < -0.3 is 14.6 Å². The fraction of sp³-hybridized carbons (Fsp3) is 0.625. The molecule has 0 aromatic heterocycles. The summed E-state index contributed by atoms with van der Waals surface area (Å²) in [6.07, 6.45) is 2.28. The van der Waals surface area contributed by atoms with Crippen molar-refractivity contribution in [2.75, 3.05) is 13.2 Å². The van der Waals surface area contributed by atoms with Crippen molar-refractivity contribution < 1.29 is 14.6 Å². The second-order valence-corrected chi connectivity index (χ2v) is 5.15. The first kappa shape index (κ1) is 15.8. The van der Waals surface area contributed by atoms with E-state index in [1.807, 2.05) is 31.2 Å². The fourth-order valence-corrected chi connectivity index (χ4v) is 2.01. The summed E-state index contributed by atoms with van der Waals surface area (Å²) in [5.41, 5.74) is 0. The molecule has 1 rings (SSSR count). The van der Waals surface area contributed by atoms with Gasteiger partial charge in [0.1, 0.15) is 0 Å². The minimum atomic E-state index is -0.217. The number of hydrogen-bond acceptors (Lipinski definition) is 3. The Morgan fingerprint density at radius 1 is 1.11 bits per heavy atom. The summed E-state index contributed by atoms with van der Waals surface area (Å²) < 4.78 is 11.2. The highest BCUT2D eigenvalue weighted by Gasteiger charge is 2.07. The smallest absolute Gasteiger partial charge is 0.161 e. The second-order valence-electron chi connectivity index (χ2n) is 5.15. The molecule has 0 saturated carbocycles. The van der Waals surface area contributed by atoms with Gasteiger partial charge in [-0.1, -0.05) is 26.0 Å². The average Bonchev–Trinajstić information content (AvgIpc) is 2.36. The van der Waals surface area contributed by atoms with Crippen LogP contribution < -0.4 is 9.47 Å². The first-order valence-corrected chi connectivity index (χ1v) is 7.16. The number of hydrogen-bond donors (Lipinski definition) is 1. The van der Waals surface area contributed by atoms with Crippen molar-refractivity contribution in [2.24, 2.45) is 5.92 Å². The van der Waals surface area contributed by atoms with Crippen LogP contribution >= 0.6 is 0 Å². The zero-order chi connectivity index (χ0) is 14.1. The van der Waals surface area contributed by atoms with E-state index < -0.39 is 0 Å². The Labute approximate surface area is 116 Å². The summed E-state index contributed by atoms with van der Waals surface area (Å²) in [4.78, 5) is 0. The van der Waals surface area contributed by atoms with Crippen molar-refractivity contribution >= 4 is 0 Å². The van der Waals surface area contributed by atoms with E-state index in [1.165, 1.54) is 0 Å². The first-order valence-electron chi connectivity index (χ1n) is 7.16. The SMILES string of the molecule is CCOc1ccccc1OCCCC(O)CC(C)C. The summed E-state index contributed by atoms with van der Waals surface area (Å²) in [6.45, 7) is 7.45. The van der Waals surface area contributed by atoms with E-state index in [0.29, 0.717) is 19.1 Å². The Morgan fingerprint density at radius 2 is 1.74 bits per heavy atom. The van der Waals surface area contributed by atoms with Gasteiger partial charge in [0.15, 0.2) is 11.5 Å². The quantitative estimate of drug-likeness (QED) is 0.693. The molecule has 1 unspecified atom stereocenters. The van der Waals surface area contributed by atoms with Crippen molar-refractivity contribution in [3.05, 3.63) is 24.3 Å². The third kappa shape index (κ3) is 6.48. The Balaban J connectivity index is 2.29. The fourth-order valence-electron chi connectivity index (χ4n) is 2.01. The molecule has 0 amide bonds. The average molecular weight is 266 g/mol. The molecule has 3 heteroatoms. The van der Waals surface area contributed by atoms with Gasteiger partial charge in [-0.3, -0.25) is 0 Å². The monoisotopic (exact) mass is 266 g/mol. The van der Waals surface area contributed by atoms with Crippen LogP contribution in [0.5, 0.6) is 11.5 Å². The Morgan fingerprint density at radius 3 is 2.32 bits per heavy atom. The van der Waals surface area contributed by atoms with Gasteiger partial charge >= 0.3 is 0 Å². The van der Waals surface area contributed by atoms with Gasteiger partial charge in [0, 0.05) is 0 Å². The summed E-state index contributed by atoms with van der Waals surface area (Å²) in [7, 11) is 0. The maximum Gasteiger partial charge on any atom is 0.161 e. The highest BCUT2D eigenvalue weighted by Crippen LogP contribution is 2.26. The lowest BCUT2D eigenvalue weighted by molar-refractivity contribution is 0.129. The van der Waals surface area contributed by atoms with E-state index in [4.69, 9.17) is 9.47 Å². The molecular weight excluding hydrogens is 240 g/mol. The maximum atomic E-state index is 9.78. The summed E-state index contributed by atoms with van der Waals surface area (Å²) in [6, 6.07) is 7.69. The third-order valence-electron chi connectivity index (χ3n) is 2.83. The predicted molar refractivity (Wildman–Crippen MR) is 77.8 cm³/mol. The molecule has 0 heterocycles. The van der Waals surface area contributed by atoms with Gasteiger partial charge in [0.05, 0.1) is 19.3 Å². The Kier molecular flexibility index (Phi) is 7.34. The van der Waals surface area contributed by atoms with Crippen molar-refractivity contribution in [1.82, 2.24) is 0 Å². The molecule has 0 aliphatic rings. The van der Waals surface area contributed by atoms with E-state index in [0.717, 1.165) is 30.8 Å². The van der Waals surface area contributed by atoms with Gasteiger partial charge in [-0.2, -0.15) is 0 Å². The lowest BCUT2D eigenvalue weighted by Crippen LogP contribution is -2.11. The van der Waals surface area contributed by atoms with E-state index in [-0.39, 0.29) is 6.10 Å². The van der Waals surface area contributed by atoms with Crippen molar-refractivity contribution in [3.8, 4) is 11.5 Å². The van der Waals surface area contributed by atoms with Crippen LogP contribution in [-0.2, 0) is 0 Å². The number of benzene rings is 1. The molecule has 3 nitrogen and oxygen atoms in total. The Bertz CT molecular complexity index is 350. The lowest BCUT2D eigenvalue weighted by Gasteiger charge is -2.14. The van der Waals surface area contributed by atoms with Gasteiger partial charge in [0.2, 0.25) is 0 Å². The van der Waals surface area contributed by atoms with Crippen molar-refractivity contribution in [2.45, 2.75) is 46.1 Å². The van der Waals surface area contributed by atoms with Crippen molar-refractivity contribution in [1.29, 1.82) is 0 Å². The minimum absolute atomic E-state index is 0.217. The Hall–Kier alpha value is -1.22. The predicted octanol–water partition coefficient (Wildman–Crippen LogP) is 3.65. The lowest BCUT2D eigenvalue weighted by atomic mass is 10.0. The van der Waals surface area contributed by atoms with Crippen LogP contribution in [0.25, 0.3) is 0 Å². The largest absolute Gasteiger partial charge is 0.490 e. The number of aliphatic hydroxyl groups is 1. The van der Waals surface area contributed by atoms with Gasteiger partial charge in [-0.25, -0.2) is 0 Å². The third-order valence-corrected chi connectivity index (χ3v) is 2.83. The summed E-state index contributed by atoms with van der Waals surface area (Å²) >= 11 is 0. The summed E-state index contributed by atoms with van der Waals surface area (Å²) in [5, 5.41) is 9.78. The zero-order valence-electron chi connectivity index (χ0n) is 12.3. The number of para-hydroxylation sites is 2. The van der Waals surface area contributed by atoms with E-state index in [9.17, 15) is 5.11 Å². The molecule has 19 heavy (non-hydrogen) atoms. The van der Waals surface area contributed by atoms with Crippen molar-refractivity contribution in [3.63, 3.8) is 0 Å². The molecule has 0 aliphatic heterocycles. The molecule has 1 aromatic carbocycles. The van der Waals surface area contributed by atoms with Crippen LogP contribution in [-0.4, -0.2) is 24.4 Å². The van der Waals surface area contributed by atoms with Crippen LogP contribution in [0, 0.1) is 5.92 Å². The number of aliphatic hydroxyl groups excluding tert-OH is 1. The van der Waals surface area contributed by atoms with Gasteiger partial charge in [-0.15, -0.1) is 0 Å². The molecule has 1 atom stereocenters. The van der Waals surface area contributed by atoms with Crippen LogP contribution in [0.15, 0.2) is 24.3 Å². The van der Waals surface area contributed by atoms with Gasteiger partial charge in [0.25, 0.3) is 0 Å². The van der Waals surface area contributed by atoms with Crippen LogP contribution in [0.2, 0.25) is 0 Å². The molecule has 0 fully saturated rings. The first-order chi connectivity index (χ1) is 9.13.